The normalized spacial score (nSPS) is 13.0. The van der Waals surface area contributed by atoms with Crippen molar-refractivity contribution in [3.05, 3.63) is 99.6 Å². The van der Waals surface area contributed by atoms with Gasteiger partial charge in [-0.15, -0.1) is 0 Å². The second-order valence-electron chi connectivity index (χ2n) is 6.40. The number of sulfonamides is 1. The van der Waals surface area contributed by atoms with Gasteiger partial charge in [0.2, 0.25) is 10.0 Å². The molecule has 1 aliphatic carbocycles. The first-order valence-corrected chi connectivity index (χ1v) is 10.5. The van der Waals surface area contributed by atoms with Gasteiger partial charge >= 0.3 is 0 Å². The average Bonchev–Trinajstić information content (AvgIpc) is 2.66. The van der Waals surface area contributed by atoms with Crippen molar-refractivity contribution in [3.63, 3.8) is 0 Å². The van der Waals surface area contributed by atoms with E-state index in [0.717, 1.165) is 0 Å². The van der Waals surface area contributed by atoms with Gasteiger partial charge in [0.25, 0.3) is 0 Å². The summed E-state index contributed by atoms with van der Waals surface area (Å²) in [4.78, 5) is 25.9. The highest BCUT2D eigenvalue weighted by Crippen LogP contribution is 2.35. The summed E-state index contributed by atoms with van der Waals surface area (Å²) in [6.45, 7) is 0. The quantitative estimate of drug-likeness (QED) is 0.549. The molecule has 0 aliphatic heterocycles. The highest BCUT2D eigenvalue weighted by molar-refractivity contribution is 7.91. The zero-order valence-electron chi connectivity index (χ0n) is 14.5. The standard InChI is InChI=1S/C21H14ClNO4S/c22-16-10-4-8-14-18(16)21(25)19-15(20(14)24)9-5-11-17(19)23-28(26,27)12-13-6-2-1-3-7-13/h1-11,23H,12H2. The Balaban J connectivity index is 1.77. The van der Waals surface area contributed by atoms with Crippen LogP contribution in [0.25, 0.3) is 0 Å². The summed E-state index contributed by atoms with van der Waals surface area (Å²) in [5.41, 5.74) is 1.16. The summed E-state index contributed by atoms with van der Waals surface area (Å²) in [6.07, 6.45) is 0. The van der Waals surface area contributed by atoms with E-state index in [0.29, 0.717) is 5.56 Å². The molecule has 0 radical (unpaired) electrons. The van der Waals surface area contributed by atoms with Crippen LogP contribution in [0.4, 0.5) is 5.69 Å². The van der Waals surface area contributed by atoms with Crippen LogP contribution >= 0.6 is 11.6 Å². The summed E-state index contributed by atoms with van der Waals surface area (Å²) in [5, 5.41) is 0.156. The molecular weight excluding hydrogens is 398 g/mol. The maximum atomic E-state index is 13.1. The Morgan fingerprint density at radius 3 is 2.11 bits per heavy atom. The lowest BCUT2D eigenvalue weighted by Crippen LogP contribution is -2.24. The summed E-state index contributed by atoms with van der Waals surface area (Å²) in [6, 6.07) is 17.9. The van der Waals surface area contributed by atoms with E-state index in [1.54, 1.807) is 42.5 Å². The molecule has 1 aliphatic rings. The Morgan fingerprint density at radius 1 is 0.750 bits per heavy atom. The number of anilines is 1. The summed E-state index contributed by atoms with van der Waals surface area (Å²) < 4.78 is 27.7. The molecule has 3 aromatic rings. The average molecular weight is 412 g/mol. The minimum Gasteiger partial charge on any atom is -0.289 e. The first-order chi connectivity index (χ1) is 13.4. The van der Waals surface area contributed by atoms with Gasteiger partial charge in [-0.3, -0.25) is 14.3 Å². The molecule has 1 N–H and O–H groups in total. The molecule has 0 bridgehead atoms. The molecule has 28 heavy (non-hydrogen) atoms. The van der Waals surface area contributed by atoms with Crippen molar-refractivity contribution >= 4 is 38.9 Å². The third kappa shape index (κ3) is 3.21. The van der Waals surface area contributed by atoms with Crippen LogP contribution in [-0.2, 0) is 15.8 Å². The van der Waals surface area contributed by atoms with Crippen molar-refractivity contribution in [2.24, 2.45) is 0 Å². The molecule has 0 atom stereocenters. The van der Waals surface area contributed by atoms with Gasteiger partial charge in [0.1, 0.15) is 0 Å². The van der Waals surface area contributed by atoms with E-state index in [2.05, 4.69) is 4.72 Å². The van der Waals surface area contributed by atoms with Gasteiger partial charge in [-0.05, 0) is 17.7 Å². The lowest BCUT2D eigenvalue weighted by atomic mass is 9.83. The Morgan fingerprint density at radius 2 is 1.39 bits per heavy atom. The third-order valence-corrected chi connectivity index (χ3v) is 6.05. The molecule has 0 heterocycles. The molecule has 7 heteroatoms. The van der Waals surface area contributed by atoms with E-state index < -0.39 is 15.8 Å². The van der Waals surface area contributed by atoms with Crippen molar-refractivity contribution in [1.82, 2.24) is 0 Å². The molecule has 140 valence electrons. The fourth-order valence-electron chi connectivity index (χ4n) is 3.28. The predicted octanol–water partition coefficient (Wildman–Crippen LogP) is 4.06. The van der Waals surface area contributed by atoms with Crippen LogP contribution in [-0.4, -0.2) is 20.0 Å². The van der Waals surface area contributed by atoms with Crippen LogP contribution < -0.4 is 4.72 Å². The Kier molecular flexibility index (Phi) is 4.53. The van der Waals surface area contributed by atoms with Crippen molar-refractivity contribution in [3.8, 4) is 0 Å². The molecule has 0 amide bonds. The van der Waals surface area contributed by atoms with Gasteiger partial charge in [-0.25, -0.2) is 8.42 Å². The van der Waals surface area contributed by atoms with Gasteiger partial charge in [-0.2, -0.15) is 0 Å². The second-order valence-corrected chi connectivity index (χ2v) is 8.53. The van der Waals surface area contributed by atoms with Gasteiger partial charge in [-0.1, -0.05) is 66.2 Å². The van der Waals surface area contributed by atoms with Crippen LogP contribution in [0.5, 0.6) is 0 Å². The van der Waals surface area contributed by atoms with E-state index in [4.69, 9.17) is 11.6 Å². The fourth-order valence-corrected chi connectivity index (χ4v) is 4.75. The number of carbonyl (C=O) groups is 2. The van der Waals surface area contributed by atoms with Crippen LogP contribution in [0.1, 0.15) is 37.4 Å². The number of rotatable bonds is 4. The van der Waals surface area contributed by atoms with E-state index in [1.165, 1.54) is 24.3 Å². The number of hydrogen-bond donors (Lipinski definition) is 1. The zero-order valence-corrected chi connectivity index (χ0v) is 16.0. The molecule has 5 nitrogen and oxygen atoms in total. The number of fused-ring (bicyclic) bond motifs is 2. The van der Waals surface area contributed by atoms with Gasteiger partial charge in [0.05, 0.1) is 27.6 Å². The highest BCUT2D eigenvalue weighted by Gasteiger charge is 2.33. The summed E-state index contributed by atoms with van der Waals surface area (Å²) >= 11 is 6.15. The topological polar surface area (TPSA) is 80.3 Å². The third-order valence-electron chi connectivity index (χ3n) is 4.49. The minimum absolute atomic E-state index is 0.0183. The molecule has 0 fully saturated rings. The Labute approximate surface area is 167 Å². The van der Waals surface area contributed by atoms with Gasteiger partial charge in [0, 0.05) is 11.1 Å². The minimum atomic E-state index is -3.80. The van der Waals surface area contributed by atoms with Crippen molar-refractivity contribution in [1.29, 1.82) is 0 Å². The van der Waals surface area contributed by atoms with Crippen molar-refractivity contribution < 1.29 is 18.0 Å². The molecular formula is C21H14ClNO4S. The highest BCUT2D eigenvalue weighted by atomic mass is 35.5. The SMILES string of the molecule is O=C1c2cccc(Cl)c2C(=O)c2c(NS(=O)(=O)Cc3ccccc3)cccc21. The molecule has 0 saturated carbocycles. The molecule has 0 unspecified atom stereocenters. The number of hydrogen-bond acceptors (Lipinski definition) is 4. The van der Waals surface area contributed by atoms with Crippen molar-refractivity contribution in [2.45, 2.75) is 5.75 Å². The monoisotopic (exact) mass is 411 g/mol. The largest absolute Gasteiger partial charge is 0.289 e. The summed E-state index contributed by atoms with van der Waals surface area (Å²) in [7, 11) is -3.80. The zero-order chi connectivity index (χ0) is 19.9. The van der Waals surface area contributed by atoms with Gasteiger partial charge < -0.3 is 0 Å². The van der Waals surface area contributed by atoms with Crippen LogP contribution in [0.3, 0.4) is 0 Å². The van der Waals surface area contributed by atoms with E-state index in [-0.39, 0.29) is 44.5 Å². The number of ketones is 2. The number of benzene rings is 3. The number of nitrogens with one attached hydrogen (secondary N) is 1. The number of carbonyl (C=O) groups excluding carboxylic acids is 2. The molecule has 3 aromatic carbocycles. The van der Waals surface area contributed by atoms with E-state index >= 15 is 0 Å². The smallest absolute Gasteiger partial charge is 0.236 e. The lowest BCUT2D eigenvalue weighted by Gasteiger charge is -2.21. The Bertz CT molecular complexity index is 1220. The van der Waals surface area contributed by atoms with Crippen molar-refractivity contribution in [2.75, 3.05) is 4.72 Å². The van der Waals surface area contributed by atoms with E-state index in [1.807, 2.05) is 0 Å². The molecule has 0 aromatic heterocycles. The van der Waals surface area contributed by atoms with Crippen LogP contribution in [0.15, 0.2) is 66.7 Å². The van der Waals surface area contributed by atoms with E-state index in [9.17, 15) is 18.0 Å². The molecule has 0 saturated heterocycles. The lowest BCUT2D eigenvalue weighted by molar-refractivity contribution is 0.0980. The predicted molar refractivity (Wildman–Crippen MR) is 107 cm³/mol. The van der Waals surface area contributed by atoms with Crippen LogP contribution in [0.2, 0.25) is 5.02 Å². The first kappa shape index (κ1) is 18.4. The maximum Gasteiger partial charge on any atom is 0.236 e. The second kappa shape index (κ2) is 6.89. The number of halogens is 1. The summed E-state index contributed by atoms with van der Waals surface area (Å²) in [5.74, 6) is -1.10. The van der Waals surface area contributed by atoms with Crippen LogP contribution in [0, 0.1) is 0 Å². The maximum absolute atomic E-state index is 13.1. The Hall–Kier alpha value is -2.96. The fraction of sp³-hybridized carbons (Fsp3) is 0.0476. The molecule has 0 spiro atoms. The van der Waals surface area contributed by atoms with Gasteiger partial charge in [0.15, 0.2) is 11.6 Å². The molecule has 4 rings (SSSR count). The first-order valence-electron chi connectivity index (χ1n) is 8.43.